The molecule has 5 nitrogen and oxygen atoms in total. The zero-order chi connectivity index (χ0) is 17.5. The first-order valence-electron chi connectivity index (χ1n) is 7.41. The summed E-state index contributed by atoms with van der Waals surface area (Å²) in [5.74, 6) is -1.05. The zero-order valence-corrected chi connectivity index (χ0v) is 13.9. The predicted octanol–water partition coefficient (Wildman–Crippen LogP) is 2.84. The molecule has 1 atom stereocenters. The number of halogens is 1. The third-order valence-corrected chi connectivity index (χ3v) is 3.65. The first kappa shape index (κ1) is 17.8. The van der Waals surface area contributed by atoms with Crippen molar-refractivity contribution >= 4 is 23.5 Å². The lowest BCUT2D eigenvalue weighted by molar-refractivity contribution is -0.142. The average molecular weight is 348 g/mol. The Morgan fingerprint density at radius 1 is 1.21 bits per heavy atom. The van der Waals surface area contributed by atoms with E-state index in [0.29, 0.717) is 10.8 Å². The summed E-state index contributed by atoms with van der Waals surface area (Å²) in [6.07, 6.45) is 0.210. The summed E-state index contributed by atoms with van der Waals surface area (Å²) >= 11 is 5.86. The molecule has 0 fully saturated rings. The Morgan fingerprint density at radius 3 is 2.54 bits per heavy atom. The maximum absolute atomic E-state index is 12.0. The van der Waals surface area contributed by atoms with Crippen LogP contribution < -0.4 is 10.1 Å². The number of rotatable bonds is 7. The predicted molar refractivity (Wildman–Crippen MR) is 91.4 cm³/mol. The van der Waals surface area contributed by atoms with Crippen molar-refractivity contribution in [3.05, 3.63) is 64.7 Å². The molecular formula is C18H18ClNO4. The number of aliphatic carboxylic acids is 1. The van der Waals surface area contributed by atoms with E-state index < -0.39 is 17.9 Å². The molecule has 0 aromatic heterocycles. The SMILES string of the molecule is Cc1cc(Cl)ccc1OCC(=O)NC(Cc1ccccc1)C(=O)O. The standard InChI is InChI=1S/C18H18ClNO4/c1-12-9-14(19)7-8-16(12)24-11-17(21)20-15(18(22)23)10-13-5-3-2-4-6-13/h2-9,15H,10-11H2,1H3,(H,20,21)(H,22,23). The van der Waals surface area contributed by atoms with Gasteiger partial charge < -0.3 is 15.2 Å². The van der Waals surface area contributed by atoms with E-state index in [1.807, 2.05) is 37.3 Å². The van der Waals surface area contributed by atoms with Gasteiger partial charge in [0.25, 0.3) is 5.91 Å². The van der Waals surface area contributed by atoms with Crippen molar-refractivity contribution in [3.63, 3.8) is 0 Å². The summed E-state index contributed by atoms with van der Waals surface area (Å²) in [6.45, 7) is 1.55. The number of carbonyl (C=O) groups excluding carboxylic acids is 1. The monoisotopic (exact) mass is 347 g/mol. The van der Waals surface area contributed by atoms with Crippen LogP contribution in [0.15, 0.2) is 48.5 Å². The van der Waals surface area contributed by atoms with Gasteiger partial charge in [-0.05, 0) is 36.2 Å². The number of nitrogens with one attached hydrogen (secondary N) is 1. The van der Waals surface area contributed by atoms with Gasteiger partial charge in [-0.15, -0.1) is 0 Å². The minimum absolute atomic E-state index is 0.210. The summed E-state index contributed by atoms with van der Waals surface area (Å²) in [4.78, 5) is 23.3. The van der Waals surface area contributed by atoms with E-state index in [1.165, 1.54) is 0 Å². The highest BCUT2D eigenvalue weighted by atomic mass is 35.5. The van der Waals surface area contributed by atoms with E-state index in [-0.39, 0.29) is 13.0 Å². The summed E-state index contributed by atoms with van der Waals surface area (Å²) < 4.78 is 5.42. The minimum atomic E-state index is -1.09. The van der Waals surface area contributed by atoms with Crippen LogP contribution in [0.2, 0.25) is 5.02 Å². The van der Waals surface area contributed by atoms with Crippen molar-refractivity contribution in [2.24, 2.45) is 0 Å². The van der Waals surface area contributed by atoms with Crippen LogP contribution in [0.5, 0.6) is 5.75 Å². The molecule has 1 amide bonds. The zero-order valence-electron chi connectivity index (χ0n) is 13.2. The van der Waals surface area contributed by atoms with Gasteiger partial charge in [-0.25, -0.2) is 4.79 Å². The van der Waals surface area contributed by atoms with E-state index in [4.69, 9.17) is 16.3 Å². The first-order chi connectivity index (χ1) is 11.5. The molecule has 0 aliphatic heterocycles. The van der Waals surface area contributed by atoms with Crippen molar-refractivity contribution in [2.45, 2.75) is 19.4 Å². The van der Waals surface area contributed by atoms with Crippen molar-refractivity contribution in [1.29, 1.82) is 0 Å². The van der Waals surface area contributed by atoms with Crippen LogP contribution in [-0.4, -0.2) is 29.6 Å². The number of carboxylic acid groups (broad SMARTS) is 1. The molecule has 0 heterocycles. The highest BCUT2D eigenvalue weighted by molar-refractivity contribution is 6.30. The number of amides is 1. The van der Waals surface area contributed by atoms with E-state index in [0.717, 1.165) is 11.1 Å². The highest BCUT2D eigenvalue weighted by Gasteiger charge is 2.20. The Bertz CT molecular complexity index is 718. The number of hydrogen-bond acceptors (Lipinski definition) is 3. The summed E-state index contributed by atoms with van der Waals surface area (Å²) in [5.41, 5.74) is 1.63. The van der Waals surface area contributed by atoms with E-state index in [9.17, 15) is 14.7 Å². The molecule has 2 aromatic carbocycles. The fraction of sp³-hybridized carbons (Fsp3) is 0.222. The number of ether oxygens (including phenoxy) is 1. The van der Waals surface area contributed by atoms with Gasteiger partial charge in [0.05, 0.1) is 0 Å². The van der Waals surface area contributed by atoms with Gasteiger partial charge in [0.2, 0.25) is 0 Å². The fourth-order valence-corrected chi connectivity index (χ4v) is 2.43. The second-order valence-electron chi connectivity index (χ2n) is 5.35. The summed E-state index contributed by atoms with van der Waals surface area (Å²) in [6, 6.07) is 13.2. The molecule has 24 heavy (non-hydrogen) atoms. The molecule has 0 bridgehead atoms. The van der Waals surface area contributed by atoms with Gasteiger partial charge in [0.15, 0.2) is 6.61 Å². The number of benzene rings is 2. The van der Waals surface area contributed by atoms with Crippen molar-refractivity contribution in [3.8, 4) is 5.75 Å². The summed E-state index contributed by atoms with van der Waals surface area (Å²) in [7, 11) is 0. The van der Waals surface area contributed by atoms with Gasteiger partial charge in [-0.3, -0.25) is 4.79 Å². The second-order valence-corrected chi connectivity index (χ2v) is 5.78. The van der Waals surface area contributed by atoms with Gasteiger partial charge in [-0.1, -0.05) is 41.9 Å². The van der Waals surface area contributed by atoms with Crippen LogP contribution >= 0.6 is 11.6 Å². The largest absolute Gasteiger partial charge is 0.484 e. The van der Waals surface area contributed by atoms with Crippen LogP contribution in [0.1, 0.15) is 11.1 Å². The molecule has 6 heteroatoms. The van der Waals surface area contributed by atoms with E-state index in [1.54, 1.807) is 18.2 Å². The smallest absolute Gasteiger partial charge is 0.326 e. The van der Waals surface area contributed by atoms with Crippen LogP contribution in [-0.2, 0) is 16.0 Å². The highest BCUT2D eigenvalue weighted by Crippen LogP contribution is 2.21. The Morgan fingerprint density at radius 2 is 1.92 bits per heavy atom. The van der Waals surface area contributed by atoms with Crippen molar-refractivity contribution in [1.82, 2.24) is 5.32 Å². The quantitative estimate of drug-likeness (QED) is 0.807. The molecule has 2 rings (SSSR count). The van der Waals surface area contributed by atoms with Crippen LogP contribution in [0.25, 0.3) is 0 Å². The molecular weight excluding hydrogens is 330 g/mol. The molecule has 0 aliphatic carbocycles. The van der Waals surface area contributed by atoms with Crippen molar-refractivity contribution in [2.75, 3.05) is 6.61 Å². The number of carboxylic acids is 1. The average Bonchev–Trinajstić information content (AvgIpc) is 2.54. The van der Waals surface area contributed by atoms with Gasteiger partial charge in [0, 0.05) is 11.4 Å². The molecule has 2 N–H and O–H groups in total. The molecule has 126 valence electrons. The van der Waals surface area contributed by atoms with Crippen LogP contribution in [0, 0.1) is 6.92 Å². The molecule has 2 aromatic rings. The Kier molecular flexibility index (Phi) is 6.21. The van der Waals surface area contributed by atoms with Crippen LogP contribution in [0.4, 0.5) is 0 Å². The van der Waals surface area contributed by atoms with Crippen LogP contribution in [0.3, 0.4) is 0 Å². The lowest BCUT2D eigenvalue weighted by Crippen LogP contribution is -2.44. The fourth-order valence-electron chi connectivity index (χ4n) is 2.20. The van der Waals surface area contributed by atoms with E-state index in [2.05, 4.69) is 5.32 Å². The topological polar surface area (TPSA) is 75.6 Å². The number of hydrogen-bond donors (Lipinski definition) is 2. The lowest BCUT2D eigenvalue weighted by atomic mass is 10.1. The normalized spacial score (nSPS) is 11.6. The third-order valence-electron chi connectivity index (χ3n) is 3.41. The van der Waals surface area contributed by atoms with Gasteiger partial charge in [-0.2, -0.15) is 0 Å². The Labute approximate surface area is 145 Å². The maximum atomic E-state index is 12.0. The minimum Gasteiger partial charge on any atom is -0.484 e. The molecule has 0 spiro atoms. The number of carbonyl (C=O) groups is 2. The lowest BCUT2D eigenvalue weighted by Gasteiger charge is -2.15. The van der Waals surface area contributed by atoms with Gasteiger partial charge in [0.1, 0.15) is 11.8 Å². The first-order valence-corrected chi connectivity index (χ1v) is 7.78. The van der Waals surface area contributed by atoms with Gasteiger partial charge >= 0.3 is 5.97 Å². The second kappa shape index (κ2) is 8.36. The third kappa shape index (κ3) is 5.28. The molecule has 0 saturated carbocycles. The molecule has 1 unspecified atom stereocenters. The van der Waals surface area contributed by atoms with E-state index >= 15 is 0 Å². The maximum Gasteiger partial charge on any atom is 0.326 e. The Balaban J connectivity index is 1.92. The Hall–Kier alpha value is -2.53. The molecule has 0 saturated heterocycles. The molecule has 0 radical (unpaired) electrons. The number of aryl methyl sites for hydroxylation is 1. The molecule has 0 aliphatic rings. The summed E-state index contributed by atoms with van der Waals surface area (Å²) in [5, 5.41) is 12.3. The van der Waals surface area contributed by atoms with Crippen molar-refractivity contribution < 1.29 is 19.4 Å².